The van der Waals surface area contributed by atoms with Gasteiger partial charge in [0, 0.05) is 25.3 Å². The summed E-state index contributed by atoms with van der Waals surface area (Å²) in [5.41, 5.74) is 1.47. The van der Waals surface area contributed by atoms with E-state index in [0.717, 1.165) is 24.9 Å². The number of carbonyl (C=O) groups excluding carboxylic acids is 1. The predicted octanol–water partition coefficient (Wildman–Crippen LogP) is 2.34. The largest absolute Gasteiger partial charge is 0.508 e. The molecule has 4 nitrogen and oxygen atoms in total. The smallest absolute Gasteiger partial charge is 0.254 e. The van der Waals surface area contributed by atoms with Crippen LogP contribution >= 0.6 is 0 Å². The molecule has 1 amide bonds. The van der Waals surface area contributed by atoms with Gasteiger partial charge in [-0.3, -0.25) is 4.79 Å². The first-order valence-corrected chi connectivity index (χ1v) is 6.82. The Morgan fingerprint density at radius 1 is 1.53 bits per heavy atom. The number of benzene rings is 1. The minimum atomic E-state index is 0.0295. The molecule has 1 aliphatic rings. The van der Waals surface area contributed by atoms with E-state index in [0.29, 0.717) is 18.7 Å². The number of rotatable bonds is 3. The molecule has 1 fully saturated rings. The summed E-state index contributed by atoms with van der Waals surface area (Å²) < 4.78 is 5.61. The molecule has 19 heavy (non-hydrogen) atoms. The number of likely N-dealkylation sites (tertiary alicyclic amines) is 1. The third-order valence-electron chi connectivity index (χ3n) is 3.51. The molecular formula is C15H21NO3. The number of piperidine rings is 1. The van der Waals surface area contributed by atoms with Gasteiger partial charge in [0.25, 0.3) is 5.91 Å². The van der Waals surface area contributed by atoms with Crippen LogP contribution in [0.1, 0.15) is 35.7 Å². The highest BCUT2D eigenvalue weighted by molar-refractivity contribution is 5.95. The topological polar surface area (TPSA) is 49.8 Å². The number of hydrogen-bond donors (Lipinski definition) is 1. The standard InChI is InChI=1S/C15H21NO3/c1-3-19-13-5-4-8-16(10-13)15(18)14-7-6-12(17)9-11(14)2/h6-7,9,13,17H,3-5,8,10H2,1-2H3. The Kier molecular flexibility index (Phi) is 4.43. The lowest BCUT2D eigenvalue weighted by Crippen LogP contribution is -2.43. The monoisotopic (exact) mass is 263 g/mol. The second kappa shape index (κ2) is 6.06. The number of nitrogens with zero attached hydrogens (tertiary/aromatic N) is 1. The molecule has 1 aromatic rings. The molecule has 1 atom stereocenters. The van der Waals surface area contributed by atoms with E-state index in [1.807, 2.05) is 18.7 Å². The molecule has 0 spiro atoms. The highest BCUT2D eigenvalue weighted by atomic mass is 16.5. The summed E-state index contributed by atoms with van der Waals surface area (Å²) in [6.45, 7) is 5.95. The second-order valence-corrected chi connectivity index (χ2v) is 4.97. The molecule has 2 rings (SSSR count). The Balaban J connectivity index is 2.10. The Morgan fingerprint density at radius 2 is 2.32 bits per heavy atom. The molecule has 0 radical (unpaired) electrons. The molecule has 1 N–H and O–H groups in total. The Bertz CT molecular complexity index is 457. The van der Waals surface area contributed by atoms with Crippen LogP contribution in [0.4, 0.5) is 0 Å². The highest BCUT2D eigenvalue weighted by Crippen LogP contribution is 2.20. The van der Waals surface area contributed by atoms with Gasteiger partial charge in [0.05, 0.1) is 6.10 Å². The average Bonchev–Trinajstić information content (AvgIpc) is 2.39. The van der Waals surface area contributed by atoms with Crippen LogP contribution in [0.15, 0.2) is 18.2 Å². The number of carbonyl (C=O) groups is 1. The van der Waals surface area contributed by atoms with Crippen LogP contribution in [0.5, 0.6) is 5.75 Å². The van der Waals surface area contributed by atoms with Crippen LogP contribution in [0, 0.1) is 6.92 Å². The van der Waals surface area contributed by atoms with Crippen LogP contribution < -0.4 is 0 Å². The van der Waals surface area contributed by atoms with Crippen molar-refractivity contribution >= 4 is 5.91 Å². The molecule has 104 valence electrons. The Labute approximate surface area is 114 Å². The van der Waals surface area contributed by atoms with Crippen molar-refractivity contribution in [2.24, 2.45) is 0 Å². The van der Waals surface area contributed by atoms with E-state index < -0.39 is 0 Å². The van der Waals surface area contributed by atoms with Crippen molar-refractivity contribution in [3.63, 3.8) is 0 Å². The number of phenolic OH excluding ortho intramolecular Hbond substituents is 1. The van der Waals surface area contributed by atoms with Gasteiger partial charge >= 0.3 is 0 Å². The molecule has 4 heteroatoms. The van der Waals surface area contributed by atoms with Crippen LogP contribution in [0.2, 0.25) is 0 Å². The van der Waals surface area contributed by atoms with Crippen molar-refractivity contribution in [1.82, 2.24) is 4.90 Å². The minimum Gasteiger partial charge on any atom is -0.508 e. The van der Waals surface area contributed by atoms with Crippen LogP contribution in [-0.2, 0) is 4.74 Å². The van der Waals surface area contributed by atoms with E-state index in [-0.39, 0.29) is 17.8 Å². The van der Waals surface area contributed by atoms with Gasteiger partial charge in [-0.1, -0.05) is 0 Å². The summed E-state index contributed by atoms with van der Waals surface area (Å²) in [6, 6.07) is 4.87. The molecule has 0 aliphatic carbocycles. The third kappa shape index (κ3) is 3.26. The van der Waals surface area contributed by atoms with Crippen molar-refractivity contribution < 1.29 is 14.6 Å². The predicted molar refractivity (Wildman–Crippen MR) is 73.4 cm³/mol. The summed E-state index contributed by atoms with van der Waals surface area (Å²) in [5, 5.41) is 9.40. The van der Waals surface area contributed by atoms with Gasteiger partial charge in [0.2, 0.25) is 0 Å². The van der Waals surface area contributed by atoms with E-state index in [4.69, 9.17) is 4.74 Å². The number of aryl methyl sites for hydroxylation is 1. The van der Waals surface area contributed by atoms with Crippen LogP contribution in [-0.4, -0.2) is 41.7 Å². The second-order valence-electron chi connectivity index (χ2n) is 4.97. The van der Waals surface area contributed by atoms with Crippen molar-refractivity contribution in [3.8, 4) is 5.75 Å². The summed E-state index contributed by atoms with van der Waals surface area (Å²) in [6.07, 6.45) is 2.15. The maximum atomic E-state index is 12.5. The van der Waals surface area contributed by atoms with Crippen molar-refractivity contribution in [2.45, 2.75) is 32.8 Å². The first-order chi connectivity index (χ1) is 9.11. The SMILES string of the molecule is CCOC1CCCN(C(=O)c2ccc(O)cc2C)C1. The molecule has 0 saturated carbocycles. The van der Waals surface area contributed by atoms with Gasteiger partial charge in [-0.2, -0.15) is 0 Å². The zero-order valence-electron chi connectivity index (χ0n) is 11.6. The molecular weight excluding hydrogens is 242 g/mol. The molecule has 1 heterocycles. The minimum absolute atomic E-state index is 0.0295. The molecule has 1 aliphatic heterocycles. The fraction of sp³-hybridized carbons (Fsp3) is 0.533. The molecule has 1 unspecified atom stereocenters. The maximum absolute atomic E-state index is 12.5. The van der Waals surface area contributed by atoms with E-state index >= 15 is 0 Å². The third-order valence-corrected chi connectivity index (χ3v) is 3.51. The number of ether oxygens (including phenoxy) is 1. The number of hydrogen-bond acceptors (Lipinski definition) is 3. The number of amides is 1. The number of aromatic hydroxyl groups is 1. The fourth-order valence-electron chi connectivity index (χ4n) is 2.55. The average molecular weight is 263 g/mol. The fourth-order valence-corrected chi connectivity index (χ4v) is 2.55. The van der Waals surface area contributed by atoms with Gasteiger partial charge in [-0.15, -0.1) is 0 Å². The first-order valence-electron chi connectivity index (χ1n) is 6.82. The normalized spacial score (nSPS) is 19.5. The lowest BCUT2D eigenvalue weighted by Gasteiger charge is -2.32. The molecule has 1 saturated heterocycles. The lowest BCUT2D eigenvalue weighted by molar-refractivity contribution is 0.00721. The lowest BCUT2D eigenvalue weighted by atomic mass is 10.0. The Hall–Kier alpha value is -1.55. The van der Waals surface area contributed by atoms with Gasteiger partial charge < -0.3 is 14.7 Å². The maximum Gasteiger partial charge on any atom is 0.254 e. The summed E-state index contributed by atoms with van der Waals surface area (Å²) >= 11 is 0. The van der Waals surface area contributed by atoms with E-state index in [1.54, 1.807) is 18.2 Å². The van der Waals surface area contributed by atoms with Gasteiger partial charge in [0.15, 0.2) is 0 Å². The summed E-state index contributed by atoms with van der Waals surface area (Å²) in [5.74, 6) is 0.224. The zero-order valence-corrected chi connectivity index (χ0v) is 11.6. The Morgan fingerprint density at radius 3 is 3.00 bits per heavy atom. The van der Waals surface area contributed by atoms with E-state index in [1.165, 1.54) is 0 Å². The van der Waals surface area contributed by atoms with E-state index in [9.17, 15) is 9.90 Å². The first kappa shape index (κ1) is 13.9. The van der Waals surface area contributed by atoms with Crippen molar-refractivity contribution in [2.75, 3.05) is 19.7 Å². The molecule has 0 aromatic heterocycles. The molecule has 0 bridgehead atoms. The van der Waals surface area contributed by atoms with Gasteiger partial charge in [0.1, 0.15) is 5.75 Å². The van der Waals surface area contributed by atoms with E-state index in [2.05, 4.69) is 0 Å². The molecule has 1 aromatic carbocycles. The van der Waals surface area contributed by atoms with Crippen LogP contribution in [0.25, 0.3) is 0 Å². The highest BCUT2D eigenvalue weighted by Gasteiger charge is 2.25. The van der Waals surface area contributed by atoms with Gasteiger partial charge in [-0.05, 0) is 50.5 Å². The summed E-state index contributed by atoms with van der Waals surface area (Å²) in [4.78, 5) is 14.3. The van der Waals surface area contributed by atoms with Crippen LogP contribution in [0.3, 0.4) is 0 Å². The quantitative estimate of drug-likeness (QED) is 0.910. The summed E-state index contributed by atoms with van der Waals surface area (Å²) in [7, 11) is 0. The van der Waals surface area contributed by atoms with Crippen molar-refractivity contribution in [3.05, 3.63) is 29.3 Å². The number of phenols is 1. The van der Waals surface area contributed by atoms with Gasteiger partial charge in [-0.25, -0.2) is 0 Å². The van der Waals surface area contributed by atoms with Crippen molar-refractivity contribution in [1.29, 1.82) is 0 Å². The zero-order chi connectivity index (χ0) is 13.8.